The molecule has 0 aromatic heterocycles. The molecule has 18 heavy (non-hydrogen) atoms. The summed E-state index contributed by atoms with van der Waals surface area (Å²) in [6, 6.07) is 2.37. The molecule has 96 valence electrons. The molecule has 0 spiro atoms. The number of rotatable bonds is 2. The highest BCUT2D eigenvalue weighted by molar-refractivity contribution is 6.34. The molecule has 1 aromatic carbocycles. The van der Waals surface area contributed by atoms with E-state index >= 15 is 0 Å². The Morgan fingerprint density at radius 2 is 2.33 bits per heavy atom. The van der Waals surface area contributed by atoms with Crippen molar-refractivity contribution in [3.05, 3.63) is 28.5 Å². The summed E-state index contributed by atoms with van der Waals surface area (Å²) in [6.07, 6.45) is 0.0348. The Balaban J connectivity index is 2.36. The first-order valence-electron chi connectivity index (χ1n) is 5.07. The molecule has 2 rings (SSSR count). The molecule has 0 amide bonds. The lowest BCUT2D eigenvalue weighted by Gasteiger charge is -2.14. The van der Waals surface area contributed by atoms with Crippen molar-refractivity contribution in [1.82, 2.24) is 0 Å². The zero-order valence-corrected chi connectivity index (χ0v) is 10.2. The number of nitrogens with zero attached hydrogens (tertiary/aromatic N) is 1. The number of halogens is 2. The van der Waals surface area contributed by atoms with Crippen molar-refractivity contribution in [2.45, 2.75) is 18.9 Å². The van der Waals surface area contributed by atoms with Gasteiger partial charge in [-0.25, -0.2) is 9.18 Å². The van der Waals surface area contributed by atoms with E-state index in [2.05, 4.69) is 5.16 Å². The normalized spacial score (nSPS) is 22.5. The molecule has 0 bridgehead atoms. The van der Waals surface area contributed by atoms with E-state index in [9.17, 15) is 9.18 Å². The first kappa shape index (κ1) is 12.6. The van der Waals surface area contributed by atoms with Crippen molar-refractivity contribution in [3.63, 3.8) is 0 Å². The first-order chi connectivity index (χ1) is 8.33. The maximum Gasteiger partial charge on any atom is 0.351 e. The molecule has 1 atom stereocenters. The van der Waals surface area contributed by atoms with Gasteiger partial charge in [0.25, 0.3) is 0 Å². The van der Waals surface area contributed by atoms with Crippen LogP contribution in [0.5, 0.6) is 0 Å². The maximum atomic E-state index is 13.2. The van der Waals surface area contributed by atoms with Gasteiger partial charge in [0.05, 0.1) is 16.4 Å². The molecular formula is C11H10ClFN2O3. The van der Waals surface area contributed by atoms with Crippen molar-refractivity contribution in [2.75, 3.05) is 5.73 Å². The van der Waals surface area contributed by atoms with Crippen LogP contribution in [0.4, 0.5) is 10.1 Å². The van der Waals surface area contributed by atoms with E-state index in [1.54, 1.807) is 0 Å². The van der Waals surface area contributed by atoms with Crippen LogP contribution in [0.3, 0.4) is 0 Å². The third-order valence-corrected chi connectivity index (χ3v) is 3.02. The molecule has 0 saturated heterocycles. The number of hydrogen-bond donors (Lipinski definition) is 2. The molecule has 7 heteroatoms. The summed E-state index contributed by atoms with van der Waals surface area (Å²) < 4.78 is 13.2. The van der Waals surface area contributed by atoms with Crippen LogP contribution in [0, 0.1) is 5.82 Å². The van der Waals surface area contributed by atoms with Crippen molar-refractivity contribution in [3.8, 4) is 0 Å². The molecule has 0 fully saturated rings. The number of carboxylic acid groups (broad SMARTS) is 1. The first-order valence-corrected chi connectivity index (χ1v) is 5.44. The van der Waals surface area contributed by atoms with Gasteiger partial charge < -0.3 is 15.7 Å². The fraction of sp³-hybridized carbons (Fsp3) is 0.273. The summed E-state index contributed by atoms with van der Waals surface area (Å²) in [5.74, 6) is -1.77. The van der Waals surface area contributed by atoms with Gasteiger partial charge in [-0.05, 0) is 19.1 Å². The van der Waals surface area contributed by atoms with Crippen LogP contribution in [0.2, 0.25) is 5.02 Å². The Hall–Kier alpha value is -1.82. The number of aliphatic carboxylic acids is 1. The van der Waals surface area contributed by atoms with Crippen LogP contribution in [-0.2, 0) is 9.63 Å². The lowest BCUT2D eigenvalue weighted by atomic mass is 9.96. The molecule has 0 radical (unpaired) electrons. The molecule has 1 aromatic rings. The number of nitrogens with two attached hydrogens (primary N) is 1. The van der Waals surface area contributed by atoms with Gasteiger partial charge in [-0.15, -0.1) is 0 Å². The fourth-order valence-electron chi connectivity index (χ4n) is 1.59. The van der Waals surface area contributed by atoms with Gasteiger partial charge in [-0.2, -0.15) is 0 Å². The van der Waals surface area contributed by atoms with Crippen molar-refractivity contribution >= 4 is 29.0 Å². The third-order valence-electron chi connectivity index (χ3n) is 2.71. The Morgan fingerprint density at radius 3 is 2.89 bits per heavy atom. The molecule has 3 N–H and O–H groups in total. The Kier molecular flexibility index (Phi) is 2.90. The molecular weight excluding hydrogens is 263 g/mol. The van der Waals surface area contributed by atoms with Gasteiger partial charge in [0.15, 0.2) is 0 Å². The SMILES string of the molecule is C[C@]1(C(=O)O)CC(c2cc(N)c(F)cc2Cl)=NO1. The predicted molar refractivity (Wildman–Crippen MR) is 64.1 cm³/mol. The summed E-state index contributed by atoms with van der Waals surface area (Å²) in [4.78, 5) is 15.9. The smallest absolute Gasteiger partial charge is 0.351 e. The average molecular weight is 273 g/mol. The number of hydrogen-bond acceptors (Lipinski definition) is 4. The zero-order chi connectivity index (χ0) is 13.5. The van der Waals surface area contributed by atoms with E-state index < -0.39 is 17.4 Å². The zero-order valence-electron chi connectivity index (χ0n) is 9.41. The number of carbonyl (C=O) groups is 1. The molecule has 0 unspecified atom stereocenters. The third kappa shape index (κ3) is 1.99. The van der Waals surface area contributed by atoms with Gasteiger partial charge in [0.2, 0.25) is 5.60 Å². The highest BCUT2D eigenvalue weighted by atomic mass is 35.5. The number of carboxylic acids is 1. The van der Waals surface area contributed by atoms with Crippen LogP contribution in [0.1, 0.15) is 18.9 Å². The second-order valence-corrected chi connectivity index (χ2v) is 4.60. The van der Waals surface area contributed by atoms with E-state index in [0.717, 1.165) is 6.07 Å². The standard InChI is InChI=1S/C11H10ClFN2O3/c1-11(10(16)17)4-9(15-18-11)5-2-8(14)7(13)3-6(5)12/h2-3H,4,14H2,1H3,(H,16,17)/t11-/m1/s1. The summed E-state index contributed by atoms with van der Waals surface area (Å²) in [6.45, 7) is 1.40. The molecule has 0 aliphatic carbocycles. The maximum absolute atomic E-state index is 13.2. The van der Waals surface area contributed by atoms with Crippen LogP contribution < -0.4 is 5.73 Å². The minimum Gasteiger partial charge on any atom is -0.478 e. The van der Waals surface area contributed by atoms with E-state index in [1.165, 1.54) is 13.0 Å². The number of benzene rings is 1. The number of oxime groups is 1. The topological polar surface area (TPSA) is 84.9 Å². The molecule has 0 saturated carbocycles. The van der Waals surface area contributed by atoms with Crippen molar-refractivity contribution in [1.29, 1.82) is 0 Å². The second kappa shape index (κ2) is 4.13. The molecule has 1 aliphatic heterocycles. The van der Waals surface area contributed by atoms with Gasteiger partial charge in [-0.1, -0.05) is 16.8 Å². The minimum atomic E-state index is -1.43. The van der Waals surface area contributed by atoms with Crippen LogP contribution in [0.25, 0.3) is 0 Å². The van der Waals surface area contributed by atoms with Crippen molar-refractivity contribution < 1.29 is 19.1 Å². The summed E-state index contributed by atoms with van der Waals surface area (Å²) in [5.41, 5.74) is 4.63. The van der Waals surface area contributed by atoms with Gasteiger partial charge in [0, 0.05) is 12.0 Å². The molecule has 1 aliphatic rings. The predicted octanol–water partition coefficient (Wildman–Crippen LogP) is 2.03. The Labute approximate surface area is 107 Å². The molecule has 5 nitrogen and oxygen atoms in total. The van der Waals surface area contributed by atoms with E-state index in [-0.39, 0.29) is 17.1 Å². The average Bonchev–Trinajstić information content (AvgIpc) is 2.68. The lowest BCUT2D eigenvalue weighted by Crippen LogP contribution is -2.35. The van der Waals surface area contributed by atoms with Crippen LogP contribution in [-0.4, -0.2) is 22.4 Å². The summed E-state index contributed by atoms with van der Waals surface area (Å²) in [5, 5.41) is 12.8. The van der Waals surface area contributed by atoms with Crippen LogP contribution >= 0.6 is 11.6 Å². The van der Waals surface area contributed by atoms with Gasteiger partial charge >= 0.3 is 5.97 Å². The summed E-state index contributed by atoms with van der Waals surface area (Å²) >= 11 is 5.87. The van der Waals surface area contributed by atoms with E-state index in [0.29, 0.717) is 11.3 Å². The highest BCUT2D eigenvalue weighted by Crippen LogP contribution is 2.31. The monoisotopic (exact) mass is 272 g/mol. The van der Waals surface area contributed by atoms with E-state index in [4.69, 9.17) is 27.3 Å². The van der Waals surface area contributed by atoms with Gasteiger partial charge in [0.1, 0.15) is 5.82 Å². The number of anilines is 1. The van der Waals surface area contributed by atoms with Gasteiger partial charge in [-0.3, -0.25) is 0 Å². The lowest BCUT2D eigenvalue weighted by molar-refractivity contribution is -0.160. The summed E-state index contributed by atoms with van der Waals surface area (Å²) in [7, 11) is 0. The second-order valence-electron chi connectivity index (χ2n) is 4.20. The van der Waals surface area contributed by atoms with E-state index in [1.807, 2.05) is 0 Å². The fourth-order valence-corrected chi connectivity index (χ4v) is 1.85. The van der Waals surface area contributed by atoms with Crippen LogP contribution in [0.15, 0.2) is 17.3 Å². The minimum absolute atomic E-state index is 0.0348. The molecule has 1 heterocycles. The Bertz CT molecular complexity index is 561. The number of nitrogen functional groups attached to an aromatic ring is 1. The highest BCUT2D eigenvalue weighted by Gasteiger charge is 2.42. The largest absolute Gasteiger partial charge is 0.478 e. The Morgan fingerprint density at radius 1 is 1.67 bits per heavy atom. The van der Waals surface area contributed by atoms with Crippen molar-refractivity contribution in [2.24, 2.45) is 5.16 Å². The quantitative estimate of drug-likeness (QED) is 0.807.